The van der Waals surface area contributed by atoms with E-state index in [1.165, 1.54) is 0 Å². The summed E-state index contributed by atoms with van der Waals surface area (Å²) >= 11 is 0. The quantitative estimate of drug-likeness (QED) is 0.805. The van der Waals surface area contributed by atoms with Crippen molar-refractivity contribution in [1.82, 2.24) is 4.98 Å². The van der Waals surface area contributed by atoms with Gasteiger partial charge >= 0.3 is 0 Å². The minimum Gasteiger partial charge on any atom is -0.392 e. The maximum Gasteiger partial charge on any atom is 0.129 e. The third kappa shape index (κ3) is 3.20. The van der Waals surface area contributed by atoms with Crippen LogP contribution in [-0.4, -0.2) is 23.2 Å². The third-order valence-electron chi connectivity index (χ3n) is 2.38. The molecule has 0 unspecified atom stereocenters. The lowest BCUT2D eigenvalue weighted by Crippen LogP contribution is -2.24. The average molecular weight is 208 g/mol. The van der Waals surface area contributed by atoms with Crippen LogP contribution in [0.15, 0.2) is 12.1 Å². The van der Waals surface area contributed by atoms with Crippen molar-refractivity contribution in [3.05, 3.63) is 23.4 Å². The van der Waals surface area contributed by atoms with Crippen LogP contribution in [0, 0.1) is 6.92 Å². The van der Waals surface area contributed by atoms with Crippen molar-refractivity contribution >= 4 is 5.82 Å². The Morgan fingerprint density at radius 3 is 2.60 bits per heavy atom. The Labute approximate surface area is 91.8 Å². The van der Waals surface area contributed by atoms with Gasteiger partial charge < -0.3 is 10.0 Å². The summed E-state index contributed by atoms with van der Waals surface area (Å²) in [6.45, 7) is 8.29. The van der Waals surface area contributed by atoms with Crippen molar-refractivity contribution in [2.75, 3.05) is 18.0 Å². The highest BCUT2D eigenvalue weighted by Gasteiger charge is 2.06. The molecule has 3 nitrogen and oxygen atoms in total. The molecule has 1 rings (SSSR count). The Morgan fingerprint density at radius 2 is 2.07 bits per heavy atom. The molecule has 0 saturated heterocycles. The van der Waals surface area contributed by atoms with E-state index in [1.54, 1.807) is 0 Å². The number of anilines is 1. The lowest BCUT2D eigenvalue weighted by Gasteiger charge is -2.22. The summed E-state index contributed by atoms with van der Waals surface area (Å²) in [4.78, 5) is 6.71. The van der Waals surface area contributed by atoms with Crippen LogP contribution < -0.4 is 4.90 Å². The fourth-order valence-corrected chi connectivity index (χ4v) is 1.68. The Hall–Kier alpha value is -1.09. The molecule has 0 atom stereocenters. The van der Waals surface area contributed by atoms with Gasteiger partial charge in [-0.05, 0) is 38.0 Å². The van der Waals surface area contributed by atoms with Crippen molar-refractivity contribution in [3.8, 4) is 0 Å². The summed E-state index contributed by atoms with van der Waals surface area (Å²) in [5, 5.41) is 9.12. The van der Waals surface area contributed by atoms with E-state index in [1.807, 2.05) is 19.1 Å². The molecule has 1 heterocycles. The Kier molecular flexibility index (Phi) is 4.56. The van der Waals surface area contributed by atoms with Gasteiger partial charge in [0.05, 0.1) is 6.61 Å². The molecule has 0 amide bonds. The molecular weight excluding hydrogens is 188 g/mol. The van der Waals surface area contributed by atoms with Crippen LogP contribution >= 0.6 is 0 Å². The standard InChI is InChI=1S/C12H20N2O/c1-4-6-14(5-2)12-8-11(9-15)7-10(3)13-12/h7-8,15H,4-6,9H2,1-3H3. The molecule has 0 fully saturated rings. The van der Waals surface area contributed by atoms with Gasteiger partial charge in [-0.25, -0.2) is 4.98 Å². The summed E-state index contributed by atoms with van der Waals surface area (Å²) < 4.78 is 0. The first-order valence-electron chi connectivity index (χ1n) is 5.54. The highest BCUT2D eigenvalue weighted by atomic mass is 16.3. The maximum absolute atomic E-state index is 9.12. The number of pyridine rings is 1. The van der Waals surface area contributed by atoms with Crippen LogP contribution in [0.3, 0.4) is 0 Å². The molecule has 1 aromatic heterocycles. The average Bonchev–Trinajstić information content (AvgIpc) is 2.24. The van der Waals surface area contributed by atoms with E-state index in [2.05, 4.69) is 23.7 Å². The smallest absolute Gasteiger partial charge is 0.129 e. The Bertz CT molecular complexity index is 312. The van der Waals surface area contributed by atoms with Crippen LogP contribution in [0.25, 0.3) is 0 Å². The van der Waals surface area contributed by atoms with Gasteiger partial charge in [-0.2, -0.15) is 0 Å². The van der Waals surface area contributed by atoms with Crippen LogP contribution in [0.4, 0.5) is 5.82 Å². The number of aliphatic hydroxyl groups is 1. The largest absolute Gasteiger partial charge is 0.392 e. The molecule has 0 aliphatic heterocycles. The predicted octanol–water partition coefficient (Wildman–Crippen LogP) is 2.12. The first-order valence-corrected chi connectivity index (χ1v) is 5.54. The normalized spacial score (nSPS) is 10.4. The van der Waals surface area contributed by atoms with E-state index >= 15 is 0 Å². The van der Waals surface area contributed by atoms with Crippen LogP contribution in [-0.2, 0) is 6.61 Å². The van der Waals surface area contributed by atoms with Crippen LogP contribution in [0.1, 0.15) is 31.5 Å². The zero-order chi connectivity index (χ0) is 11.3. The number of aliphatic hydroxyl groups excluding tert-OH is 1. The van der Waals surface area contributed by atoms with E-state index in [9.17, 15) is 0 Å². The molecule has 0 spiro atoms. The van der Waals surface area contributed by atoms with Gasteiger partial charge in [0, 0.05) is 18.8 Å². The highest BCUT2D eigenvalue weighted by molar-refractivity contribution is 5.42. The summed E-state index contributed by atoms with van der Waals surface area (Å²) in [5.74, 6) is 0.975. The second-order valence-electron chi connectivity index (χ2n) is 3.71. The van der Waals surface area contributed by atoms with Crippen molar-refractivity contribution < 1.29 is 5.11 Å². The van der Waals surface area contributed by atoms with E-state index in [-0.39, 0.29) is 6.61 Å². The van der Waals surface area contributed by atoms with Gasteiger partial charge in [0.15, 0.2) is 0 Å². The number of aromatic nitrogens is 1. The third-order valence-corrected chi connectivity index (χ3v) is 2.38. The van der Waals surface area contributed by atoms with Crippen LogP contribution in [0.2, 0.25) is 0 Å². The lowest BCUT2D eigenvalue weighted by molar-refractivity contribution is 0.281. The first kappa shape index (κ1) is 12.0. The monoisotopic (exact) mass is 208 g/mol. The number of rotatable bonds is 5. The number of hydrogen-bond donors (Lipinski definition) is 1. The minimum absolute atomic E-state index is 0.0834. The minimum atomic E-state index is 0.0834. The predicted molar refractivity (Wildman–Crippen MR) is 63.1 cm³/mol. The molecule has 1 N–H and O–H groups in total. The van der Waals surface area contributed by atoms with Crippen molar-refractivity contribution in [2.24, 2.45) is 0 Å². The molecule has 0 saturated carbocycles. The van der Waals surface area contributed by atoms with E-state index in [0.29, 0.717) is 0 Å². The molecule has 0 aliphatic rings. The summed E-state index contributed by atoms with van der Waals surface area (Å²) in [7, 11) is 0. The van der Waals surface area contributed by atoms with Gasteiger partial charge in [0.1, 0.15) is 5.82 Å². The van der Waals surface area contributed by atoms with Gasteiger partial charge in [-0.3, -0.25) is 0 Å². The van der Waals surface area contributed by atoms with Crippen LogP contribution in [0.5, 0.6) is 0 Å². The first-order chi connectivity index (χ1) is 7.21. The van der Waals surface area contributed by atoms with Gasteiger partial charge in [-0.1, -0.05) is 6.92 Å². The Balaban J connectivity index is 2.95. The second-order valence-corrected chi connectivity index (χ2v) is 3.71. The summed E-state index contributed by atoms with van der Waals surface area (Å²) in [6.07, 6.45) is 1.11. The topological polar surface area (TPSA) is 36.4 Å². The molecule has 3 heteroatoms. The van der Waals surface area contributed by atoms with E-state index in [4.69, 9.17) is 5.11 Å². The highest BCUT2D eigenvalue weighted by Crippen LogP contribution is 2.15. The second kappa shape index (κ2) is 5.71. The number of nitrogens with zero attached hydrogens (tertiary/aromatic N) is 2. The number of aryl methyl sites for hydroxylation is 1. The van der Waals surface area contributed by atoms with Crippen molar-refractivity contribution in [1.29, 1.82) is 0 Å². The van der Waals surface area contributed by atoms with E-state index in [0.717, 1.165) is 36.6 Å². The van der Waals surface area contributed by atoms with Gasteiger partial charge in [0.2, 0.25) is 0 Å². The van der Waals surface area contributed by atoms with Gasteiger partial charge in [0.25, 0.3) is 0 Å². The van der Waals surface area contributed by atoms with Crippen molar-refractivity contribution in [3.63, 3.8) is 0 Å². The zero-order valence-electron chi connectivity index (χ0n) is 9.82. The fourth-order valence-electron chi connectivity index (χ4n) is 1.68. The fraction of sp³-hybridized carbons (Fsp3) is 0.583. The molecule has 84 valence electrons. The Morgan fingerprint density at radius 1 is 1.33 bits per heavy atom. The molecule has 1 aromatic rings. The summed E-state index contributed by atoms with van der Waals surface area (Å²) in [5.41, 5.74) is 1.90. The molecule has 15 heavy (non-hydrogen) atoms. The SMILES string of the molecule is CCCN(CC)c1cc(CO)cc(C)n1. The summed E-state index contributed by atoms with van der Waals surface area (Å²) in [6, 6.07) is 3.88. The zero-order valence-corrected chi connectivity index (χ0v) is 9.82. The molecule has 0 radical (unpaired) electrons. The molecular formula is C12H20N2O. The maximum atomic E-state index is 9.12. The van der Waals surface area contributed by atoms with Crippen molar-refractivity contribution in [2.45, 2.75) is 33.8 Å². The lowest BCUT2D eigenvalue weighted by atomic mass is 10.2. The molecule has 0 bridgehead atoms. The molecule has 0 aliphatic carbocycles. The van der Waals surface area contributed by atoms with Gasteiger partial charge in [-0.15, -0.1) is 0 Å². The molecule has 0 aromatic carbocycles. The number of hydrogen-bond acceptors (Lipinski definition) is 3. The van der Waals surface area contributed by atoms with E-state index < -0.39 is 0 Å².